The smallest absolute Gasteiger partial charge is 0.239 e. The molecule has 0 bridgehead atoms. The largest absolute Gasteiger partial charge is 0.311 e. The summed E-state index contributed by atoms with van der Waals surface area (Å²) < 4.78 is 0. The summed E-state index contributed by atoms with van der Waals surface area (Å²) >= 11 is 1.80. The van der Waals surface area contributed by atoms with Crippen LogP contribution in [0.2, 0.25) is 0 Å². The van der Waals surface area contributed by atoms with Gasteiger partial charge in [-0.2, -0.15) is 0 Å². The molecule has 1 amide bonds. The standard InChI is InChI=1S/C20H24N2OS/c1-15(2)12-22-18-8-4-3-7-17(18)20(19(22)23)9-10-21(14-20)13-16-6-5-11-24-16/h3-8,11,15H,9-10,12-14H2,1-2H3/t20-/m1/s1. The molecule has 0 unspecified atom stereocenters. The molecule has 3 heterocycles. The number of nitrogens with zero attached hydrogens (tertiary/aromatic N) is 2. The van der Waals surface area contributed by atoms with Crippen LogP contribution < -0.4 is 4.90 Å². The molecule has 0 saturated carbocycles. The zero-order valence-electron chi connectivity index (χ0n) is 14.4. The van der Waals surface area contributed by atoms with Gasteiger partial charge >= 0.3 is 0 Å². The Labute approximate surface area is 147 Å². The highest BCUT2D eigenvalue weighted by atomic mass is 32.1. The first kappa shape index (κ1) is 15.9. The van der Waals surface area contributed by atoms with Gasteiger partial charge in [-0.25, -0.2) is 0 Å². The Hall–Kier alpha value is -1.65. The van der Waals surface area contributed by atoms with Crippen LogP contribution in [0.1, 0.15) is 30.7 Å². The quantitative estimate of drug-likeness (QED) is 0.843. The van der Waals surface area contributed by atoms with E-state index in [1.807, 2.05) is 4.90 Å². The highest BCUT2D eigenvalue weighted by molar-refractivity contribution is 7.09. The Morgan fingerprint density at radius 2 is 2.04 bits per heavy atom. The SMILES string of the molecule is CC(C)CN1C(=O)[C@@]2(CCN(Cc3cccs3)C2)c2ccccc21. The molecule has 24 heavy (non-hydrogen) atoms. The second-order valence-electron chi connectivity index (χ2n) is 7.45. The summed E-state index contributed by atoms with van der Waals surface area (Å²) in [5, 5.41) is 2.13. The fraction of sp³-hybridized carbons (Fsp3) is 0.450. The third-order valence-electron chi connectivity index (χ3n) is 5.22. The molecular formula is C20H24N2OS. The van der Waals surface area contributed by atoms with E-state index >= 15 is 0 Å². The van der Waals surface area contributed by atoms with E-state index in [1.165, 1.54) is 10.4 Å². The number of para-hydroxylation sites is 1. The molecule has 2 aromatic rings. The number of benzene rings is 1. The van der Waals surface area contributed by atoms with E-state index < -0.39 is 0 Å². The maximum atomic E-state index is 13.4. The Balaban J connectivity index is 1.64. The molecule has 4 rings (SSSR count). The van der Waals surface area contributed by atoms with Crippen molar-refractivity contribution in [1.82, 2.24) is 4.90 Å². The third kappa shape index (κ3) is 2.49. The molecule has 1 atom stereocenters. The minimum atomic E-state index is -0.331. The lowest BCUT2D eigenvalue weighted by molar-refractivity contribution is -0.122. The van der Waals surface area contributed by atoms with Crippen molar-refractivity contribution in [3.8, 4) is 0 Å². The molecule has 2 aliphatic heterocycles. The minimum Gasteiger partial charge on any atom is -0.311 e. The highest BCUT2D eigenvalue weighted by Crippen LogP contribution is 2.47. The van der Waals surface area contributed by atoms with Gasteiger partial charge in [0.05, 0.1) is 5.41 Å². The Bertz CT molecular complexity index is 740. The normalized spacial score (nSPS) is 23.6. The second kappa shape index (κ2) is 6.01. The van der Waals surface area contributed by atoms with Crippen molar-refractivity contribution in [2.75, 3.05) is 24.5 Å². The number of carbonyl (C=O) groups excluding carboxylic acids is 1. The number of amides is 1. The van der Waals surface area contributed by atoms with E-state index in [0.29, 0.717) is 11.8 Å². The van der Waals surface area contributed by atoms with E-state index in [0.717, 1.165) is 38.3 Å². The minimum absolute atomic E-state index is 0.311. The van der Waals surface area contributed by atoms with Crippen LogP contribution in [0, 0.1) is 5.92 Å². The van der Waals surface area contributed by atoms with Crippen LogP contribution in [0.3, 0.4) is 0 Å². The highest BCUT2D eigenvalue weighted by Gasteiger charge is 2.54. The fourth-order valence-corrected chi connectivity index (χ4v) is 4.93. The Kier molecular flexibility index (Phi) is 3.97. The molecule has 1 saturated heterocycles. The van der Waals surface area contributed by atoms with Crippen LogP contribution in [0.15, 0.2) is 41.8 Å². The predicted octanol–water partition coefficient (Wildman–Crippen LogP) is 3.89. The molecule has 0 radical (unpaired) electrons. The lowest BCUT2D eigenvalue weighted by Gasteiger charge is -2.25. The zero-order chi connectivity index (χ0) is 16.7. The van der Waals surface area contributed by atoms with Crippen LogP contribution in [0.4, 0.5) is 5.69 Å². The molecule has 4 heteroatoms. The number of carbonyl (C=O) groups is 1. The van der Waals surface area contributed by atoms with Crippen molar-refractivity contribution in [2.24, 2.45) is 5.92 Å². The maximum absolute atomic E-state index is 13.4. The molecule has 0 N–H and O–H groups in total. The van der Waals surface area contributed by atoms with Gasteiger partial charge < -0.3 is 4.90 Å². The fourth-order valence-electron chi connectivity index (χ4n) is 4.18. The number of hydrogen-bond acceptors (Lipinski definition) is 3. The van der Waals surface area contributed by atoms with E-state index in [2.05, 4.69) is 60.5 Å². The third-order valence-corrected chi connectivity index (χ3v) is 6.08. The zero-order valence-corrected chi connectivity index (χ0v) is 15.2. The first-order chi connectivity index (χ1) is 11.6. The Morgan fingerprint density at radius 1 is 1.21 bits per heavy atom. The van der Waals surface area contributed by atoms with Gasteiger partial charge in [-0.3, -0.25) is 9.69 Å². The van der Waals surface area contributed by atoms with Crippen molar-refractivity contribution in [3.63, 3.8) is 0 Å². The first-order valence-corrected chi connectivity index (χ1v) is 9.64. The average molecular weight is 340 g/mol. The van der Waals surface area contributed by atoms with Gasteiger partial charge in [0.2, 0.25) is 5.91 Å². The monoisotopic (exact) mass is 340 g/mol. The van der Waals surface area contributed by atoms with Gasteiger partial charge in [0.1, 0.15) is 0 Å². The summed E-state index contributed by atoms with van der Waals surface area (Å²) in [5.74, 6) is 0.784. The molecular weight excluding hydrogens is 316 g/mol. The summed E-state index contributed by atoms with van der Waals surface area (Å²) in [6.07, 6.45) is 0.933. The van der Waals surface area contributed by atoms with Gasteiger partial charge in [0.15, 0.2) is 0 Å². The lowest BCUT2D eigenvalue weighted by Crippen LogP contribution is -2.43. The van der Waals surface area contributed by atoms with Crippen molar-refractivity contribution in [2.45, 2.75) is 32.2 Å². The second-order valence-corrected chi connectivity index (χ2v) is 8.48. The number of hydrogen-bond donors (Lipinski definition) is 0. The van der Waals surface area contributed by atoms with Crippen LogP contribution in [-0.4, -0.2) is 30.4 Å². The first-order valence-electron chi connectivity index (χ1n) is 8.76. The van der Waals surface area contributed by atoms with Crippen molar-refractivity contribution >= 4 is 22.9 Å². The molecule has 1 aromatic carbocycles. The van der Waals surface area contributed by atoms with Gasteiger partial charge in [0, 0.05) is 30.2 Å². The van der Waals surface area contributed by atoms with E-state index in [1.54, 1.807) is 11.3 Å². The number of fused-ring (bicyclic) bond motifs is 2. The van der Waals surface area contributed by atoms with Crippen LogP contribution in [0.5, 0.6) is 0 Å². The van der Waals surface area contributed by atoms with Crippen LogP contribution in [0.25, 0.3) is 0 Å². The molecule has 1 spiro atoms. The summed E-state index contributed by atoms with van der Waals surface area (Å²) in [6, 6.07) is 12.7. The van der Waals surface area contributed by atoms with Gasteiger partial charge in [0.25, 0.3) is 0 Å². The van der Waals surface area contributed by atoms with Crippen molar-refractivity contribution < 1.29 is 4.79 Å². The maximum Gasteiger partial charge on any atom is 0.239 e. The van der Waals surface area contributed by atoms with E-state index in [9.17, 15) is 4.79 Å². The van der Waals surface area contributed by atoms with Gasteiger partial charge in [-0.1, -0.05) is 38.1 Å². The van der Waals surface area contributed by atoms with Crippen LogP contribution in [-0.2, 0) is 16.8 Å². The van der Waals surface area contributed by atoms with Gasteiger partial charge in [-0.15, -0.1) is 11.3 Å². The molecule has 0 aliphatic carbocycles. The molecule has 1 fully saturated rings. The summed E-state index contributed by atoms with van der Waals surface area (Å²) in [4.78, 5) is 19.2. The van der Waals surface area contributed by atoms with Crippen molar-refractivity contribution in [3.05, 3.63) is 52.2 Å². The topological polar surface area (TPSA) is 23.6 Å². The molecule has 126 valence electrons. The van der Waals surface area contributed by atoms with E-state index in [4.69, 9.17) is 0 Å². The molecule has 1 aromatic heterocycles. The lowest BCUT2D eigenvalue weighted by atomic mass is 9.81. The Morgan fingerprint density at radius 3 is 2.79 bits per heavy atom. The number of thiophene rings is 1. The van der Waals surface area contributed by atoms with Gasteiger partial charge in [-0.05, 0) is 42.0 Å². The number of anilines is 1. The van der Waals surface area contributed by atoms with Crippen molar-refractivity contribution in [1.29, 1.82) is 0 Å². The number of likely N-dealkylation sites (tertiary alicyclic amines) is 1. The predicted molar refractivity (Wildman–Crippen MR) is 99.5 cm³/mol. The molecule has 2 aliphatic rings. The summed E-state index contributed by atoms with van der Waals surface area (Å²) in [5.41, 5.74) is 2.04. The summed E-state index contributed by atoms with van der Waals surface area (Å²) in [6.45, 7) is 7.96. The molecule has 3 nitrogen and oxygen atoms in total. The van der Waals surface area contributed by atoms with Crippen LogP contribution >= 0.6 is 11.3 Å². The summed E-state index contributed by atoms with van der Waals surface area (Å²) in [7, 11) is 0. The number of rotatable bonds is 4. The average Bonchev–Trinajstić information content (AvgIpc) is 3.26. The van der Waals surface area contributed by atoms with E-state index in [-0.39, 0.29) is 5.41 Å².